The molecule has 4 N–H and O–H groups in total. The van der Waals surface area contributed by atoms with Gasteiger partial charge in [0, 0.05) is 19.5 Å². The molecule has 3 unspecified atom stereocenters. The molecule has 1 heterocycles. The fourth-order valence-electron chi connectivity index (χ4n) is 6.23. The van der Waals surface area contributed by atoms with Crippen LogP contribution in [0.3, 0.4) is 0 Å². The predicted octanol–water partition coefficient (Wildman–Crippen LogP) is 5.10. The highest BCUT2D eigenvalue weighted by Crippen LogP contribution is 2.44. The first-order valence-corrected chi connectivity index (χ1v) is 14.6. The maximum Gasteiger partial charge on any atom is 0.304 e. The van der Waals surface area contributed by atoms with Crippen molar-refractivity contribution in [2.24, 2.45) is 5.92 Å². The van der Waals surface area contributed by atoms with Crippen molar-refractivity contribution in [3.8, 4) is 0 Å². The summed E-state index contributed by atoms with van der Waals surface area (Å²) in [7, 11) is -1.89. The van der Waals surface area contributed by atoms with E-state index < -0.39 is 21.9 Å². The molecule has 5 rings (SSSR count). The number of nitrogens with zero attached hydrogens (tertiary/aromatic N) is 1. The maximum absolute atomic E-state index is 13.9. The lowest BCUT2D eigenvalue weighted by Gasteiger charge is -2.30. The Bertz CT molecular complexity index is 1500. The van der Waals surface area contributed by atoms with Gasteiger partial charge in [-0.05, 0) is 77.6 Å². The van der Waals surface area contributed by atoms with E-state index in [0.717, 1.165) is 51.9 Å². The number of hydrogen-bond donors (Lipinski definition) is 3. The summed E-state index contributed by atoms with van der Waals surface area (Å²) in [6.45, 7) is 4.46. The molecule has 38 heavy (non-hydrogen) atoms. The zero-order chi connectivity index (χ0) is 27.2. The van der Waals surface area contributed by atoms with Crippen LogP contribution in [0.2, 0.25) is 0 Å². The summed E-state index contributed by atoms with van der Waals surface area (Å²) in [5, 5.41) is 12.9. The molecule has 0 radical (unpaired) electrons. The van der Waals surface area contributed by atoms with Gasteiger partial charge in [0.05, 0.1) is 28.7 Å². The summed E-state index contributed by atoms with van der Waals surface area (Å²) in [6, 6.07) is 16.9. The van der Waals surface area contributed by atoms with Gasteiger partial charge in [-0.2, -0.15) is 4.31 Å². The molecule has 0 saturated carbocycles. The summed E-state index contributed by atoms with van der Waals surface area (Å²) in [5.74, 6) is -1.13. The zero-order valence-corrected chi connectivity index (χ0v) is 22.9. The molecular weight excluding hydrogens is 498 g/mol. The number of rotatable bonds is 6. The van der Waals surface area contributed by atoms with E-state index >= 15 is 0 Å². The summed E-state index contributed by atoms with van der Waals surface area (Å²) >= 11 is 0. The van der Waals surface area contributed by atoms with E-state index in [1.807, 2.05) is 49.4 Å². The van der Waals surface area contributed by atoms with Crippen molar-refractivity contribution < 1.29 is 18.3 Å². The topological polar surface area (TPSA) is 113 Å². The van der Waals surface area contributed by atoms with Crippen molar-refractivity contribution in [1.82, 2.24) is 4.31 Å². The molecule has 3 atom stereocenters. The van der Waals surface area contributed by atoms with Gasteiger partial charge in [-0.25, -0.2) is 8.42 Å². The Morgan fingerprint density at radius 1 is 1.16 bits per heavy atom. The smallest absolute Gasteiger partial charge is 0.304 e. The van der Waals surface area contributed by atoms with Crippen LogP contribution in [0.4, 0.5) is 11.4 Å². The number of hydrogen-bond acceptors (Lipinski definition) is 5. The Hall–Kier alpha value is -3.36. The summed E-state index contributed by atoms with van der Waals surface area (Å²) < 4.78 is 29.5. The van der Waals surface area contributed by atoms with Crippen LogP contribution in [0.15, 0.2) is 59.5 Å². The Morgan fingerprint density at radius 3 is 2.66 bits per heavy atom. The molecule has 8 heteroatoms. The molecule has 3 aromatic carbocycles. The minimum Gasteiger partial charge on any atom is -0.481 e. The van der Waals surface area contributed by atoms with Crippen LogP contribution in [0.5, 0.6) is 0 Å². The molecule has 3 aromatic rings. The van der Waals surface area contributed by atoms with E-state index in [0.29, 0.717) is 23.5 Å². The number of benzene rings is 3. The summed E-state index contributed by atoms with van der Waals surface area (Å²) in [5.41, 5.74) is 13.3. The monoisotopic (exact) mass is 533 g/mol. The van der Waals surface area contributed by atoms with Gasteiger partial charge in [0.2, 0.25) is 10.0 Å². The highest BCUT2D eigenvalue weighted by atomic mass is 32.2. The van der Waals surface area contributed by atoms with E-state index in [4.69, 9.17) is 5.73 Å². The molecule has 1 aliphatic carbocycles. The number of nitrogens with one attached hydrogen (secondary N) is 1. The van der Waals surface area contributed by atoms with Gasteiger partial charge in [-0.3, -0.25) is 4.79 Å². The lowest BCUT2D eigenvalue weighted by atomic mass is 9.84. The Labute approximate surface area is 224 Å². The number of nitrogen functional groups attached to an aromatic ring is 1. The Morgan fingerprint density at radius 2 is 1.92 bits per heavy atom. The molecular formula is C30H35N3O4S. The molecule has 2 aliphatic rings. The van der Waals surface area contributed by atoms with Gasteiger partial charge in [-0.1, -0.05) is 49.4 Å². The molecule has 7 nitrogen and oxygen atoms in total. The van der Waals surface area contributed by atoms with Crippen molar-refractivity contribution in [2.75, 3.05) is 24.6 Å². The number of sulfonamides is 1. The van der Waals surface area contributed by atoms with Gasteiger partial charge in [0.25, 0.3) is 0 Å². The van der Waals surface area contributed by atoms with Gasteiger partial charge in [0.1, 0.15) is 0 Å². The molecule has 0 saturated heterocycles. The van der Waals surface area contributed by atoms with Gasteiger partial charge < -0.3 is 16.2 Å². The van der Waals surface area contributed by atoms with E-state index in [1.165, 1.54) is 0 Å². The van der Waals surface area contributed by atoms with Gasteiger partial charge >= 0.3 is 5.97 Å². The summed E-state index contributed by atoms with van der Waals surface area (Å²) in [4.78, 5) is 12.4. The van der Waals surface area contributed by atoms with Crippen molar-refractivity contribution in [3.63, 3.8) is 0 Å². The van der Waals surface area contributed by atoms with Crippen molar-refractivity contribution in [3.05, 3.63) is 88.0 Å². The van der Waals surface area contributed by atoms with E-state index in [1.54, 1.807) is 23.5 Å². The first-order valence-electron chi connectivity index (χ1n) is 13.1. The normalized spacial score (nSPS) is 21.2. The van der Waals surface area contributed by atoms with Crippen LogP contribution in [0.25, 0.3) is 0 Å². The van der Waals surface area contributed by atoms with Crippen LogP contribution >= 0.6 is 0 Å². The average Bonchev–Trinajstić information content (AvgIpc) is 3.26. The zero-order valence-electron chi connectivity index (χ0n) is 22.1. The molecule has 0 amide bonds. The third-order valence-electron chi connectivity index (χ3n) is 8.17. The van der Waals surface area contributed by atoms with Crippen molar-refractivity contribution in [2.45, 2.75) is 56.4 Å². The number of carboxylic acids is 1. The number of nitrogens with two attached hydrogens (primary N) is 1. The highest BCUT2D eigenvalue weighted by molar-refractivity contribution is 7.89. The third-order valence-corrected chi connectivity index (χ3v) is 10.1. The number of anilines is 2. The second-order valence-electron chi connectivity index (χ2n) is 10.6. The Balaban J connectivity index is 1.59. The van der Waals surface area contributed by atoms with Crippen LogP contribution < -0.4 is 11.1 Å². The number of carbonyl (C=O) groups is 1. The maximum atomic E-state index is 13.9. The van der Waals surface area contributed by atoms with Gasteiger partial charge in [-0.15, -0.1) is 0 Å². The van der Waals surface area contributed by atoms with E-state index in [-0.39, 0.29) is 18.4 Å². The van der Waals surface area contributed by atoms with E-state index in [9.17, 15) is 18.3 Å². The second-order valence-corrected chi connectivity index (χ2v) is 12.5. The molecule has 0 aromatic heterocycles. The lowest BCUT2D eigenvalue weighted by molar-refractivity contribution is -0.137. The van der Waals surface area contributed by atoms with Crippen LogP contribution in [-0.2, 0) is 27.7 Å². The summed E-state index contributed by atoms with van der Waals surface area (Å²) in [6.07, 6.45) is 2.12. The number of carboxylic acid groups (broad SMARTS) is 1. The van der Waals surface area contributed by atoms with E-state index in [2.05, 4.69) is 12.2 Å². The van der Waals surface area contributed by atoms with Crippen molar-refractivity contribution >= 4 is 27.4 Å². The SMILES string of the molecule is CNc1ccc(C(CC(=O)O)c2ccc3c(c2)C(N2CC(C)Cc4ccccc4S2(=O)=O)CC3)c(C)c1N. The van der Waals surface area contributed by atoms with Crippen LogP contribution in [0, 0.1) is 12.8 Å². The number of aryl methyl sites for hydroxylation is 1. The van der Waals surface area contributed by atoms with Crippen LogP contribution in [-0.4, -0.2) is 37.4 Å². The molecule has 1 aliphatic heterocycles. The third kappa shape index (κ3) is 4.56. The highest BCUT2D eigenvalue weighted by Gasteiger charge is 2.40. The fourth-order valence-corrected chi connectivity index (χ4v) is 8.22. The average molecular weight is 534 g/mol. The first-order chi connectivity index (χ1) is 18.1. The van der Waals surface area contributed by atoms with Crippen LogP contribution in [0.1, 0.15) is 65.1 Å². The molecule has 200 valence electrons. The second kappa shape index (κ2) is 10.1. The first kappa shape index (κ1) is 26.3. The molecule has 0 fully saturated rings. The molecule has 0 bridgehead atoms. The number of fused-ring (bicyclic) bond motifs is 2. The largest absolute Gasteiger partial charge is 0.481 e. The minimum atomic E-state index is -3.69. The minimum absolute atomic E-state index is 0.0882. The Kier molecular flexibility index (Phi) is 6.96. The molecule has 0 spiro atoms. The number of aliphatic carboxylic acids is 1. The quantitative estimate of drug-likeness (QED) is 0.380. The fraction of sp³-hybridized carbons (Fsp3) is 0.367. The van der Waals surface area contributed by atoms with Gasteiger partial charge in [0.15, 0.2) is 0 Å². The lowest BCUT2D eigenvalue weighted by Crippen LogP contribution is -2.36. The standard InChI is InChI=1S/C30H35N3O4S/c1-18-14-22-6-4-5-7-28(22)38(36,37)33(17-18)27-13-10-20-8-9-21(15-25(20)27)24(16-29(34)35)23-11-12-26(32-3)30(31)19(23)2/h4-9,11-12,15,18,24,27,32H,10,13-14,16-17,31H2,1-3H3,(H,34,35). The predicted molar refractivity (Wildman–Crippen MR) is 150 cm³/mol. The van der Waals surface area contributed by atoms with Crippen molar-refractivity contribution in [1.29, 1.82) is 0 Å².